The number of carboxylic acid groups (broad SMARTS) is 1. The Morgan fingerprint density at radius 3 is 1.13 bits per heavy atom. The summed E-state index contributed by atoms with van der Waals surface area (Å²) in [4.78, 5) is 21.8. The number of aryl methyl sites for hydroxylation is 1. The SMILES string of the molecule is CCCCCCCCc1ccc(OCCOCCOCCOCCOCCOCCOCCOCCOCCOCCOCCOCCOCCCNC(=O)CCC(=O)O)cc1. The highest BCUT2D eigenvalue weighted by atomic mass is 16.6. The minimum Gasteiger partial charge on any atom is -0.491 e. The number of carbonyl (C=O) groups excluding carboxylic acids is 1. The van der Waals surface area contributed by atoms with Crippen molar-refractivity contribution in [3.63, 3.8) is 0 Å². The number of unbranched alkanes of at least 4 members (excludes halogenated alkanes) is 5. The summed E-state index contributed by atoms with van der Waals surface area (Å²) >= 11 is 0. The van der Waals surface area contributed by atoms with Crippen LogP contribution in [0.4, 0.5) is 0 Å². The number of carboxylic acids is 1. The van der Waals surface area contributed by atoms with E-state index < -0.39 is 5.97 Å². The van der Waals surface area contributed by atoms with Crippen molar-refractivity contribution in [2.24, 2.45) is 0 Å². The molecule has 1 aromatic rings. The summed E-state index contributed by atoms with van der Waals surface area (Å²) in [7, 11) is 0. The van der Waals surface area contributed by atoms with Crippen LogP contribution in [0.25, 0.3) is 0 Å². The summed E-state index contributed by atoms with van der Waals surface area (Å²) in [6.45, 7) is 14.9. The zero-order valence-electron chi connectivity index (χ0n) is 37.8. The van der Waals surface area contributed by atoms with Gasteiger partial charge in [-0.1, -0.05) is 51.2 Å². The van der Waals surface area contributed by atoms with Crippen molar-refractivity contribution in [1.29, 1.82) is 0 Å². The summed E-state index contributed by atoms with van der Waals surface area (Å²) in [5, 5.41) is 11.2. The number of hydrogen-bond acceptors (Lipinski definition) is 15. The molecule has 0 fully saturated rings. The Kier molecular flexibility index (Phi) is 44.5. The molecule has 2 N–H and O–H groups in total. The van der Waals surface area contributed by atoms with E-state index in [9.17, 15) is 9.59 Å². The van der Waals surface area contributed by atoms with Gasteiger partial charge in [-0.15, -0.1) is 0 Å². The predicted octanol–water partition coefficient (Wildman–Crippen LogP) is 4.54. The van der Waals surface area contributed by atoms with E-state index in [2.05, 4.69) is 24.4 Å². The van der Waals surface area contributed by atoms with Crippen LogP contribution in [0.1, 0.15) is 70.3 Å². The van der Waals surface area contributed by atoms with Crippen LogP contribution in [0.15, 0.2) is 24.3 Å². The molecule has 1 aromatic carbocycles. The van der Waals surface area contributed by atoms with Gasteiger partial charge in [-0.3, -0.25) is 9.59 Å². The molecule has 1 rings (SSSR count). The molecule has 0 radical (unpaired) electrons. The second-order valence-electron chi connectivity index (χ2n) is 14.0. The van der Waals surface area contributed by atoms with Crippen molar-refractivity contribution in [3.8, 4) is 5.75 Å². The second kappa shape index (κ2) is 47.9. The molecule has 0 aliphatic rings. The molecule has 17 heteroatoms. The lowest BCUT2D eigenvalue weighted by Gasteiger charge is -2.09. The minimum absolute atomic E-state index is 0.0122. The Morgan fingerprint density at radius 1 is 0.419 bits per heavy atom. The van der Waals surface area contributed by atoms with Crippen molar-refractivity contribution < 1.29 is 76.3 Å². The van der Waals surface area contributed by atoms with E-state index in [1.807, 2.05) is 12.1 Å². The summed E-state index contributed by atoms with van der Waals surface area (Å²) in [5.41, 5.74) is 1.37. The maximum atomic E-state index is 11.4. The van der Waals surface area contributed by atoms with Gasteiger partial charge < -0.3 is 72.0 Å². The zero-order valence-corrected chi connectivity index (χ0v) is 37.8. The topological polar surface area (TPSA) is 186 Å². The first-order valence-electron chi connectivity index (χ1n) is 22.7. The Morgan fingerprint density at radius 2 is 0.758 bits per heavy atom. The first-order valence-corrected chi connectivity index (χ1v) is 22.7. The molecule has 62 heavy (non-hydrogen) atoms. The number of rotatable bonds is 51. The number of hydrogen-bond donors (Lipinski definition) is 2. The summed E-state index contributed by atoms with van der Waals surface area (Å²) in [6, 6.07) is 8.42. The number of benzene rings is 1. The Hall–Kier alpha value is -2.52. The van der Waals surface area contributed by atoms with Crippen LogP contribution < -0.4 is 10.1 Å². The summed E-state index contributed by atoms with van der Waals surface area (Å²) < 4.78 is 71.8. The van der Waals surface area contributed by atoms with Gasteiger partial charge in [-0.25, -0.2) is 0 Å². The van der Waals surface area contributed by atoms with Crippen molar-refractivity contribution in [2.45, 2.75) is 71.1 Å². The van der Waals surface area contributed by atoms with Crippen LogP contribution in [0.2, 0.25) is 0 Å². The Balaban J connectivity index is 1.66. The lowest BCUT2D eigenvalue weighted by atomic mass is 10.0. The molecule has 0 aliphatic carbocycles. The highest BCUT2D eigenvalue weighted by Gasteiger charge is 2.04. The average Bonchev–Trinajstić information content (AvgIpc) is 3.27. The minimum atomic E-state index is -0.984. The molecule has 0 saturated heterocycles. The number of aliphatic carboxylic acids is 1. The quantitative estimate of drug-likeness (QED) is 0.0868. The molecule has 0 saturated carbocycles. The van der Waals surface area contributed by atoms with Gasteiger partial charge in [0, 0.05) is 19.6 Å². The fraction of sp³-hybridized carbons (Fsp3) is 0.822. The predicted molar refractivity (Wildman–Crippen MR) is 233 cm³/mol. The molecule has 362 valence electrons. The smallest absolute Gasteiger partial charge is 0.303 e. The maximum Gasteiger partial charge on any atom is 0.303 e. The van der Waals surface area contributed by atoms with Crippen LogP contribution in [-0.4, -0.2) is 189 Å². The van der Waals surface area contributed by atoms with Gasteiger partial charge in [0.15, 0.2) is 0 Å². The third kappa shape index (κ3) is 44.1. The first-order chi connectivity index (χ1) is 30.6. The maximum absolute atomic E-state index is 11.4. The largest absolute Gasteiger partial charge is 0.491 e. The number of amides is 1. The van der Waals surface area contributed by atoms with E-state index >= 15 is 0 Å². The van der Waals surface area contributed by atoms with Crippen LogP contribution in [-0.2, 0) is 72.9 Å². The fourth-order valence-corrected chi connectivity index (χ4v) is 5.31. The zero-order chi connectivity index (χ0) is 44.5. The summed E-state index contributed by atoms with van der Waals surface area (Å²) in [6.07, 6.45) is 9.52. The molecule has 0 bridgehead atoms. The van der Waals surface area contributed by atoms with Crippen molar-refractivity contribution in [1.82, 2.24) is 5.32 Å². The monoisotopic (exact) mass is 892 g/mol. The lowest BCUT2D eigenvalue weighted by molar-refractivity contribution is -0.138. The van der Waals surface area contributed by atoms with Gasteiger partial charge in [-0.05, 0) is 37.0 Å². The molecule has 0 aliphatic heterocycles. The van der Waals surface area contributed by atoms with E-state index in [0.29, 0.717) is 178 Å². The fourth-order valence-electron chi connectivity index (χ4n) is 5.31. The highest BCUT2D eigenvalue weighted by molar-refractivity contribution is 5.80. The molecule has 0 aromatic heterocycles. The van der Waals surface area contributed by atoms with Crippen LogP contribution in [0.5, 0.6) is 5.75 Å². The average molecular weight is 892 g/mol. The Bertz CT molecular complexity index is 1090. The van der Waals surface area contributed by atoms with Crippen LogP contribution >= 0.6 is 0 Å². The number of carbonyl (C=O) groups is 2. The molecular weight excluding hydrogens is 810 g/mol. The van der Waals surface area contributed by atoms with E-state index in [1.165, 1.54) is 44.1 Å². The summed E-state index contributed by atoms with van der Waals surface area (Å²) in [5.74, 6) is -0.373. The third-order valence-electron chi connectivity index (χ3n) is 8.68. The molecular formula is C45H81NO16. The van der Waals surface area contributed by atoms with Crippen LogP contribution in [0, 0.1) is 0 Å². The number of nitrogens with one attached hydrogen (secondary N) is 1. The number of ether oxygens (including phenoxy) is 13. The molecule has 0 unspecified atom stereocenters. The van der Waals surface area contributed by atoms with Gasteiger partial charge in [0.25, 0.3) is 0 Å². The van der Waals surface area contributed by atoms with Gasteiger partial charge in [0.05, 0.1) is 158 Å². The molecule has 1 amide bonds. The van der Waals surface area contributed by atoms with Gasteiger partial charge in [0.2, 0.25) is 5.91 Å². The third-order valence-corrected chi connectivity index (χ3v) is 8.68. The standard InChI is InChI=1S/C45H81NO16/c1-2-3-4-5-6-7-9-42-10-12-43(13-11-42)62-41-40-61-39-38-60-37-36-59-35-34-58-33-32-57-31-30-56-29-28-55-27-26-54-25-24-53-23-22-52-21-20-51-19-18-50-17-8-16-46-44(47)14-15-45(48)49/h10-13H,2-9,14-41H2,1H3,(H,46,47)(H,48,49). The normalized spacial score (nSPS) is 11.4. The van der Waals surface area contributed by atoms with E-state index in [4.69, 9.17) is 66.7 Å². The van der Waals surface area contributed by atoms with Crippen LogP contribution in [0.3, 0.4) is 0 Å². The van der Waals surface area contributed by atoms with E-state index in [-0.39, 0.29) is 18.7 Å². The van der Waals surface area contributed by atoms with Gasteiger partial charge in [0.1, 0.15) is 12.4 Å². The van der Waals surface area contributed by atoms with Gasteiger partial charge in [-0.2, -0.15) is 0 Å². The van der Waals surface area contributed by atoms with Gasteiger partial charge >= 0.3 is 5.97 Å². The molecule has 0 spiro atoms. The molecule has 0 heterocycles. The van der Waals surface area contributed by atoms with E-state index in [1.54, 1.807) is 0 Å². The van der Waals surface area contributed by atoms with Crippen molar-refractivity contribution in [3.05, 3.63) is 29.8 Å². The molecule has 0 atom stereocenters. The lowest BCUT2D eigenvalue weighted by Crippen LogP contribution is -2.25. The second-order valence-corrected chi connectivity index (χ2v) is 14.0. The van der Waals surface area contributed by atoms with E-state index in [0.717, 1.165) is 12.2 Å². The first kappa shape index (κ1) is 57.5. The van der Waals surface area contributed by atoms with Crippen molar-refractivity contribution >= 4 is 11.9 Å². The highest BCUT2D eigenvalue weighted by Crippen LogP contribution is 2.15. The van der Waals surface area contributed by atoms with Crippen molar-refractivity contribution in [2.75, 3.05) is 172 Å². The molecule has 17 nitrogen and oxygen atoms in total. The Labute approximate surface area is 371 Å².